The van der Waals surface area contributed by atoms with Crippen molar-refractivity contribution >= 4 is 17.5 Å². The van der Waals surface area contributed by atoms with Gasteiger partial charge in [-0.25, -0.2) is 0 Å². The fourth-order valence-electron chi connectivity index (χ4n) is 1.73. The van der Waals surface area contributed by atoms with Gasteiger partial charge in [-0.2, -0.15) is 0 Å². The Labute approximate surface area is 116 Å². The van der Waals surface area contributed by atoms with Gasteiger partial charge in [-0.3, -0.25) is 10.1 Å². The van der Waals surface area contributed by atoms with Crippen molar-refractivity contribution in [1.29, 1.82) is 0 Å². The van der Waals surface area contributed by atoms with Crippen LogP contribution in [-0.2, 0) is 11.4 Å². The lowest BCUT2D eigenvalue weighted by molar-refractivity contribution is -0.116. The molecule has 0 spiro atoms. The van der Waals surface area contributed by atoms with Gasteiger partial charge < -0.3 is 14.9 Å². The Morgan fingerprint density at radius 1 is 1.45 bits per heavy atom. The fraction of sp³-hybridized carbons (Fsp3) is 0.286. The minimum Gasteiger partial charge on any atom is -0.392 e. The maximum Gasteiger partial charge on any atom is 0.248 e. The molecule has 0 fully saturated rings. The number of rotatable bonds is 5. The van der Waals surface area contributed by atoms with Gasteiger partial charge in [0.05, 0.1) is 12.3 Å². The third-order valence-corrected chi connectivity index (χ3v) is 2.76. The van der Waals surface area contributed by atoms with Gasteiger partial charge in [0.2, 0.25) is 11.8 Å². The van der Waals surface area contributed by atoms with Crippen LogP contribution in [0.1, 0.15) is 18.2 Å². The van der Waals surface area contributed by atoms with Crippen LogP contribution in [0, 0.1) is 6.92 Å². The summed E-state index contributed by atoms with van der Waals surface area (Å²) < 4.78 is 4.93. The summed E-state index contributed by atoms with van der Waals surface area (Å²) >= 11 is 0. The van der Waals surface area contributed by atoms with Crippen LogP contribution in [0.25, 0.3) is 0 Å². The van der Waals surface area contributed by atoms with Crippen LogP contribution in [0.3, 0.4) is 0 Å². The SMILES string of the molecule is Cc1cc(NC(=O)C(C)Nc2cccc(CO)c2)on1. The summed E-state index contributed by atoms with van der Waals surface area (Å²) in [7, 11) is 0. The molecular weight excluding hydrogens is 258 g/mol. The third kappa shape index (κ3) is 3.58. The summed E-state index contributed by atoms with van der Waals surface area (Å²) in [6.45, 7) is 3.48. The van der Waals surface area contributed by atoms with Crippen LogP contribution in [0.2, 0.25) is 0 Å². The van der Waals surface area contributed by atoms with E-state index in [1.54, 1.807) is 26.0 Å². The van der Waals surface area contributed by atoms with Crippen molar-refractivity contribution in [2.75, 3.05) is 10.6 Å². The molecule has 0 saturated carbocycles. The molecule has 1 amide bonds. The van der Waals surface area contributed by atoms with Crippen LogP contribution in [0.15, 0.2) is 34.9 Å². The smallest absolute Gasteiger partial charge is 0.248 e. The molecule has 0 aliphatic rings. The summed E-state index contributed by atoms with van der Waals surface area (Å²) in [6, 6.07) is 8.46. The Hall–Kier alpha value is -2.34. The van der Waals surface area contributed by atoms with E-state index in [1.807, 2.05) is 18.2 Å². The van der Waals surface area contributed by atoms with Crippen molar-refractivity contribution in [3.8, 4) is 0 Å². The largest absolute Gasteiger partial charge is 0.392 e. The molecule has 2 rings (SSSR count). The number of aryl methyl sites for hydroxylation is 1. The van der Waals surface area contributed by atoms with E-state index < -0.39 is 6.04 Å². The number of benzene rings is 1. The average molecular weight is 275 g/mol. The van der Waals surface area contributed by atoms with Crippen molar-refractivity contribution in [3.63, 3.8) is 0 Å². The quantitative estimate of drug-likeness (QED) is 0.776. The van der Waals surface area contributed by atoms with Gasteiger partial charge in [0.25, 0.3) is 0 Å². The molecule has 1 unspecified atom stereocenters. The molecule has 0 bridgehead atoms. The van der Waals surface area contributed by atoms with Crippen molar-refractivity contribution in [2.45, 2.75) is 26.5 Å². The van der Waals surface area contributed by atoms with E-state index in [4.69, 9.17) is 9.63 Å². The average Bonchev–Trinajstić information content (AvgIpc) is 2.84. The Morgan fingerprint density at radius 3 is 2.90 bits per heavy atom. The second-order valence-electron chi connectivity index (χ2n) is 4.55. The molecule has 0 radical (unpaired) electrons. The zero-order valence-electron chi connectivity index (χ0n) is 11.4. The normalized spacial score (nSPS) is 11.9. The Bertz CT molecular complexity index is 595. The minimum absolute atomic E-state index is 0.0343. The molecule has 3 N–H and O–H groups in total. The lowest BCUT2D eigenvalue weighted by Gasteiger charge is -2.14. The van der Waals surface area contributed by atoms with Crippen molar-refractivity contribution in [2.24, 2.45) is 0 Å². The number of nitrogens with one attached hydrogen (secondary N) is 2. The fourth-order valence-corrected chi connectivity index (χ4v) is 1.73. The molecule has 0 aliphatic carbocycles. The first-order chi connectivity index (χ1) is 9.58. The number of aromatic nitrogens is 1. The predicted octanol–water partition coefficient (Wildman–Crippen LogP) is 1.91. The number of carbonyl (C=O) groups is 1. The van der Waals surface area contributed by atoms with Gasteiger partial charge in [-0.15, -0.1) is 0 Å². The predicted molar refractivity (Wildman–Crippen MR) is 75.3 cm³/mol. The van der Waals surface area contributed by atoms with Gasteiger partial charge in [0.1, 0.15) is 6.04 Å². The number of hydrogen-bond donors (Lipinski definition) is 3. The molecule has 106 valence electrons. The molecule has 1 atom stereocenters. The van der Waals surface area contributed by atoms with Crippen molar-refractivity contribution < 1.29 is 14.4 Å². The van der Waals surface area contributed by atoms with Crippen LogP contribution in [0.5, 0.6) is 0 Å². The Balaban J connectivity index is 1.96. The number of hydrogen-bond acceptors (Lipinski definition) is 5. The van der Waals surface area contributed by atoms with Crippen LogP contribution < -0.4 is 10.6 Å². The maximum atomic E-state index is 12.0. The molecule has 2 aromatic rings. The summed E-state index contributed by atoms with van der Waals surface area (Å²) in [5.74, 6) is 0.0980. The Kier molecular flexibility index (Phi) is 4.37. The van der Waals surface area contributed by atoms with Crippen LogP contribution in [0.4, 0.5) is 11.6 Å². The van der Waals surface area contributed by atoms with E-state index in [-0.39, 0.29) is 12.5 Å². The molecule has 1 aromatic heterocycles. The van der Waals surface area contributed by atoms with Crippen LogP contribution >= 0.6 is 0 Å². The maximum absolute atomic E-state index is 12.0. The number of carbonyl (C=O) groups excluding carboxylic acids is 1. The molecule has 1 aromatic carbocycles. The summed E-state index contributed by atoms with van der Waals surface area (Å²) in [5.41, 5.74) is 2.26. The lowest BCUT2D eigenvalue weighted by atomic mass is 10.2. The second-order valence-corrected chi connectivity index (χ2v) is 4.55. The van der Waals surface area contributed by atoms with Gasteiger partial charge >= 0.3 is 0 Å². The highest BCUT2D eigenvalue weighted by Gasteiger charge is 2.14. The molecule has 0 aliphatic heterocycles. The van der Waals surface area contributed by atoms with Gasteiger partial charge in [-0.05, 0) is 31.5 Å². The molecule has 0 saturated heterocycles. The van der Waals surface area contributed by atoms with E-state index in [1.165, 1.54) is 0 Å². The second kappa shape index (κ2) is 6.21. The standard InChI is InChI=1S/C14H17N3O3/c1-9-6-13(20-17-9)16-14(19)10(2)15-12-5-3-4-11(7-12)8-18/h3-7,10,15,18H,8H2,1-2H3,(H,16,19). The van der Waals surface area contributed by atoms with E-state index >= 15 is 0 Å². The van der Waals surface area contributed by atoms with Gasteiger partial charge in [0.15, 0.2) is 0 Å². The number of amides is 1. The first-order valence-electron chi connectivity index (χ1n) is 6.29. The van der Waals surface area contributed by atoms with Gasteiger partial charge in [-0.1, -0.05) is 17.3 Å². The summed E-state index contributed by atoms with van der Waals surface area (Å²) in [5, 5.41) is 18.5. The number of aliphatic hydroxyl groups excluding tert-OH is 1. The van der Waals surface area contributed by atoms with Crippen molar-refractivity contribution in [3.05, 3.63) is 41.6 Å². The first kappa shape index (κ1) is 14.1. The van der Waals surface area contributed by atoms with E-state index in [0.717, 1.165) is 11.3 Å². The first-order valence-corrected chi connectivity index (χ1v) is 6.29. The molecular formula is C14H17N3O3. The monoisotopic (exact) mass is 275 g/mol. The Morgan fingerprint density at radius 2 is 2.25 bits per heavy atom. The summed E-state index contributed by atoms with van der Waals surface area (Å²) in [4.78, 5) is 12.0. The highest BCUT2D eigenvalue weighted by atomic mass is 16.5. The van der Waals surface area contributed by atoms with Crippen molar-refractivity contribution in [1.82, 2.24) is 5.16 Å². The highest BCUT2D eigenvalue weighted by molar-refractivity contribution is 5.95. The lowest BCUT2D eigenvalue weighted by Crippen LogP contribution is -2.31. The zero-order valence-corrected chi connectivity index (χ0v) is 11.4. The zero-order chi connectivity index (χ0) is 14.5. The van der Waals surface area contributed by atoms with E-state index in [2.05, 4.69) is 15.8 Å². The molecule has 20 heavy (non-hydrogen) atoms. The number of nitrogens with zero attached hydrogens (tertiary/aromatic N) is 1. The molecule has 6 nitrogen and oxygen atoms in total. The van der Waals surface area contributed by atoms with Crippen LogP contribution in [-0.4, -0.2) is 22.2 Å². The summed E-state index contributed by atoms with van der Waals surface area (Å²) in [6.07, 6.45) is 0. The minimum atomic E-state index is -0.450. The van der Waals surface area contributed by atoms with Gasteiger partial charge in [0, 0.05) is 11.8 Å². The molecule has 1 heterocycles. The number of anilines is 2. The highest BCUT2D eigenvalue weighted by Crippen LogP contribution is 2.13. The van der Waals surface area contributed by atoms with E-state index in [9.17, 15) is 4.79 Å². The van der Waals surface area contributed by atoms with E-state index in [0.29, 0.717) is 11.6 Å². The topological polar surface area (TPSA) is 87.4 Å². The number of aliphatic hydroxyl groups is 1. The molecule has 6 heteroatoms. The third-order valence-electron chi connectivity index (χ3n) is 2.76.